The number of benzene rings is 3. The lowest BCUT2D eigenvalue weighted by molar-refractivity contribution is 0.0697. The van der Waals surface area contributed by atoms with Crippen LogP contribution in [0.3, 0.4) is 0 Å². The van der Waals surface area contributed by atoms with Gasteiger partial charge in [-0.2, -0.15) is 13.5 Å². The van der Waals surface area contributed by atoms with Gasteiger partial charge in [0.15, 0.2) is 9.84 Å². The Morgan fingerprint density at radius 2 is 1.53 bits per heavy atom. The van der Waals surface area contributed by atoms with E-state index >= 15 is 0 Å². The summed E-state index contributed by atoms with van der Waals surface area (Å²) in [5, 5.41) is 20.5. The van der Waals surface area contributed by atoms with Crippen LogP contribution in [0.5, 0.6) is 0 Å². The van der Waals surface area contributed by atoms with Crippen molar-refractivity contribution in [3.8, 4) is 0 Å². The Balaban J connectivity index is 1.80. The predicted octanol–water partition coefficient (Wildman–Crippen LogP) is 4.14. The number of carbonyl (C=O) groups is 1. The number of hydrogen-bond donors (Lipinski definition) is 3. The number of carboxylic acids is 1. The highest BCUT2D eigenvalue weighted by atomic mass is 32.3. The molecule has 178 valence electrons. The van der Waals surface area contributed by atoms with Crippen molar-refractivity contribution in [2.45, 2.75) is 4.90 Å². The van der Waals surface area contributed by atoms with Crippen LogP contribution >= 0.6 is 0 Å². The minimum absolute atomic E-state index is 0.212. The zero-order chi connectivity index (χ0) is 24.8. The van der Waals surface area contributed by atoms with Gasteiger partial charge in [0.1, 0.15) is 5.69 Å². The van der Waals surface area contributed by atoms with Crippen LogP contribution in [0.2, 0.25) is 0 Å². The number of nitrogens with zero attached hydrogens (tertiary/aromatic N) is 2. The van der Waals surface area contributed by atoms with Crippen LogP contribution in [-0.4, -0.2) is 44.8 Å². The van der Waals surface area contributed by atoms with Crippen LogP contribution in [0.4, 0.5) is 22.7 Å². The summed E-state index contributed by atoms with van der Waals surface area (Å²) in [6.07, 6.45) is 0. The van der Waals surface area contributed by atoms with Crippen LogP contribution < -0.4 is 5.32 Å². The first-order valence-corrected chi connectivity index (χ1v) is 12.6. The molecule has 3 aromatic carbocycles. The maximum Gasteiger partial charge on any atom is 0.397 e. The number of nitrogens with one attached hydrogen (secondary N) is 1. The quantitative estimate of drug-likeness (QED) is 0.270. The molecule has 3 N–H and O–H groups in total. The molecule has 34 heavy (non-hydrogen) atoms. The second-order valence-electron chi connectivity index (χ2n) is 6.79. The highest BCUT2D eigenvalue weighted by Gasteiger charge is 2.20. The van der Waals surface area contributed by atoms with Crippen LogP contribution in [0.15, 0.2) is 87.9 Å². The molecule has 0 saturated heterocycles. The molecular formula is C21H19N3O8S2. The molecule has 11 nitrogen and oxygen atoms in total. The highest BCUT2D eigenvalue weighted by Crippen LogP contribution is 2.27. The normalized spacial score (nSPS) is 12.0. The standard InChI is InChI=1S/C21H19N3O8S2/c25-21(26)19-11-10-18(33(27,28)13-12-32-34(29,30)31)14-20(19)24-23-17-8-6-16(7-9-17)22-15-4-2-1-3-5-15/h1-11,14,22H,12-13H2,(H,25,26)(H,29,30,31)/b24-23+. The van der Waals surface area contributed by atoms with Gasteiger partial charge in [0.25, 0.3) is 0 Å². The third kappa shape index (κ3) is 7.18. The van der Waals surface area contributed by atoms with E-state index in [1.807, 2.05) is 30.3 Å². The summed E-state index contributed by atoms with van der Waals surface area (Å²) >= 11 is 0. The van der Waals surface area contributed by atoms with Gasteiger partial charge in [-0.25, -0.2) is 17.4 Å². The number of para-hydroxylation sites is 1. The molecule has 0 fully saturated rings. The van der Waals surface area contributed by atoms with Crippen LogP contribution in [-0.2, 0) is 24.4 Å². The molecule has 0 heterocycles. The first kappa shape index (κ1) is 25.0. The molecule has 0 aliphatic heterocycles. The average Bonchev–Trinajstić information content (AvgIpc) is 2.78. The van der Waals surface area contributed by atoms with Gasteiger partial charge in [0, 0.05) is 11.4 Å². The molecular weight excluding hydrogens is 486 g/mol. The minimum atomic E-state index is -4.80. The van der Waals surface area contributed by atoms with E-state index in [4.69, 9.17) is 4.55 Å². The predicted molar refractivity (Wildman–Crippen MR) is 123 cm³/mol. The van der Waals surface area contributed by atoms with Crippen molar-refractivity contribution in [3.63, 3.8) is 0 Å². The Labute approximate surface area is 195 Å². The second kappa shape index (κ2) is 10.5. The molecule has 0 unspecified atom stereocenters. The van der Waals surface area contributed by atoms with E-state index in [-0.39, 0.29) is 16.1 Å². The Kier molecular flexibility index (Phi) is 7.73. The number of aromatic carboxylic acids is 1. The van der Waals surface area contributed by atoms with Crippen molar-refractivity contribution in [1.82, 2.24) is 0 Å². The Morgan fingerprint density at radius 1 is 0.882 bits per heavy atom. The lowest BCUT2D eigenvalue weighted by Crippen LogP contribution is -2.15. The van der Waals surface area contributed by atoms with Crippen LogP contribution in [0, 0.1) is 0 Å². The third-order valence-corrected chi connectivity index (χ3v) is 6.49. The third-order valence-electron chi connectivity index (χ3n) is 4.35. The molecule has 0 amide bonds. The first-order chi connectivity index (χ1) is 16.0. The Bertz CT molecular complexity index is 1410. The van der Waals surface area contributed by atoms with E-state index in [1.165, 1.54) is 0 Å². The van der Waals surface area contributed by atoms with E-state index in [1.54, 1.807) is 24.3 Å². The highest BCUT2D eigenvalue weighted by molar-refractivity contribution is 7.91. The number of carboxylic acid groups (broad SMARTS) is 1. The molecule has 0 aliphatic rings. The second-order valence-corrected chi connectivity index (χ2v) is 9.99. The van der Waals surface area contributed by atoms with Gasteiger partial charge >= 0.3 is 16.4 Å². The van der Waals surface area contributed by atoms with E-state index < -0.39 is 38.6 Å². The topological polar surface area (TPSA) is 172 Å². The van der Waals surface area contributed by atoms with Crippen molar-refractivity contribution >= 4 is 49.0 Å². The maximum atomic E-state index is 12.4. The number of azo groups is 1. The molecule has 0 spiro atoms. The fourth-order valence-corrected chi connectivity index (χ4v) is 4.25. The number of rotatable bonds is 10. The molecule has 0 bridgehead atoms. The zero-order valence-corrected chi connectivity index (χ0v) is 19.0. The molecule has 3 aromatic rings. The molecule has 0 saturated carbocycles. The van der Waals surface area contributed by atoms with Gasteiger partial charge in [0.05, 0.1) is 28.5 Å². The largest absolute Gasteiger partial charge is 0.478 e. The van der Waals surface area contributed by atoms with Crippen LogP contribution in [0.25, 0.3) is 0 Å². The van der Waals surface area contributed by atoms with Gasteiger partial charge in [-0.15, -0.1) is 5.11 Å². The summed E-state index contributed by atoms with van der Waals surface area (Å²) in [5.41, 5.74) is 1.58. The average molecular weight is 506 g/mol. The number of sulfone groups is 1. The SMILES string of the molecule is O=C(O)c1ccc(S(=O)(=O)CCOS(=O)(=O)O)cc1/N=N/c1ccc(Nc2ccccc2)cc1. The molecule has 3 rings (SSSR count). The van der Waals surface area contributed by atoms with E-state index in [9.17, 15) is 26.7 Å². The smallest absolute Gasteiger partial charge is 0.397 e. The zero-order valence-electron chi connectivity index (χ0n) is 17.4. The minimum Gasteiger partial charge on any atom is -0.478 e. The van der Waals surface area contributed by atoms with Crippen molar-refractivity contribution in [3.05, 3.63) is 78.4 Å². The van der Waals surface area contributed by atoms with Gasteiger partial charge in [-0.1, -0.05) is 18.2 Å². The summed E-state index contributed by atoms with van der Waals surface area (Å²) in [4.78, 5) is 11.2. The van der Waals surface area contributed by atoms with Crippen molar-refractivity contribution in [2.24, 2.45) is 10.2 Å². The van der Waals surface area contributed by atoms with Crippen molar-refractivity contribution < 1.29 is 35.5 Å². The summed E-state index contributed by atoms with van der Waals surface area (Å²) in [5.74, 6) is -2.11. The van der Waals surface area contributed by atoms with Crippen molar-refractivity contribution in [1.29, 1.82) is 0 Å². The van der Waals surface area contributed by atoms with E-state index in [2.05, 4.69) is 19.7 Å². The van der Waals surface area contributed by atoms with Crippen molar-refractivity contribution in [2.75, 3.05) is 17.7 Å². The lowest BCUT2D eigenvalue weighted by atomic mass is 10.2. The molecule has 0 aromatic heterocycles. The summed E-state index contributed by atoms with van der Waals surface area (Å²) in [7, 11) is -8.86. The molecule has 0 atom stereocenters. The molecule has 13 heteroatoms. The number of hydrogen-bond acceptors (Lipinski definition) is 9. The van der Waals surface area contributed by atoms with Gasteiger partial charge in [-0.3, -0.25) is 4.55 Å². The molecule has 0 aliphatic carbocycles. The maximum absolute atomic E-state index is 12.4. The summed E-state index contributed by atoms with van der Waals surface area (Å²) in [6, 6.07) is 19.4. The van der Waals surface area contributed by atoms with Crippen LogP contribution in [0.1, 0.15) is 10.4 Å². The van der Waals surface area contributed by atoms with Gasteiger partial charge < -0.3 is 10.4 Å². The fourth-order valence-electron chi connectivity index (χ4n) is 2.75. The van der Waals surface area contributed by atoms with E-state index in [0.29, 0.717) is 5.69 Å². The van der Waals surface area contributed by atoms with E-state index in [0.717, 1.165) is 29.6 Å². The number of anilines is 2. The first-order valence-electron chi connectivity index (χ1n) is 9.59. The Hall–Kier alpha value is -3.65. The lowest BCUT2D eigenvalue weighted by Gasteiger charge is -2.07. The van der Waals surface area contributed by atoms with Gasteiger partial charge in [0.2, 0.25) is 0 Å². The fraction of sp³-hybridized carbons (Fsp3) is 0.0952. The monoisotopic (exact) mass is 505 g/mol. The van der Waals surface area contributed by atoms with Gasteiger partial charge in [-0.05, 0) is 54.6 Å². The Morgan fingerprint density at radius 3 is 2.15 bits per heavy atom. The summed E-state index contributed by atoms with van der Waals surface area (Å²) < 4.78 is 58.7. The summed E-state index contributed by atoms with van der Waals surface area (Å²) in [6.45, 7) is -0.817. The molecule has 0 radical (unpaired) electrons.